The van der Waals surface area contributed by atoms with Gasteiger partial charge < -0.3 is 10.8 Å². The standard InChI is InChI=1S/C12H19NO/c1-3-10-7-9(2)12(14)11(8-10)5-4-6-13/h7-8,14H,3-6,13H2,1-2H3. The van der Waals surface area contributed by atoms with Crippen molar-refractivity contribution in [1.82, 2.24) is 0 Å². The monoisotopic (exact) mass is 193 g/mol. The summed E-state index contributed by atoms with van der Waals surface area (Å²) in [4.78, 5) is 0. The summed E-state index contributed by atoms with van der Waals surface area (Å²) in [5, 5.41) is 9.80. The van der Waals surface area contributed by atoms with Crippen LogP contribution in [0.4, 0.5) is 0 Å². The molecule has 2 heteroatoms. The topological polar surface area (TPSA) is 46.2 Å². The number of aromatic hydroxyl groups is 1. The molecule has 0 fully saturated rings. The van der Waals surface area contributed by atoms with Gasteiger partial charge in [0.15, 0.2) is 0 Å². The predicted octanol–water partition coefficient (Wildman–Crippen LogP) is 2.15. The van der Waals surface area contributed by atoms with Crippen LogP contribution in [0.15, 0.2) is 12.1 Å². The number of nitrogens with two attached hydrogens (primary N) is 1. The number of phenolic OH excluding ortho intramolecular Hbond substituents is 1. The Morgan fingerprint density at radius 1 is 1.36 bits per heavy atom. The molecule has 0 atom stereocenters. The second-order valence-corrected chi connectivity index (χ2v) is 3.67. The largest absolute Gasteiger partial charge is 0.507 e. The summed E-state index contributed by atoms with van der Waals surface area (Å²) >= 11 is 0. The maximum Gasteiger partial charge on any atom is 0.121 e. The first-order chi connectivity index (χ1) is 6.69. The molecule has 0 aliphatic heterocycles. The van der Waals surface area contributed by atoms with Crippen molar-refractivity contribution in [3.05, 3.63) is 28.8 Å². The molecular weight excluding hydrogens is 174 g/mol. The summed E-state index contributed by atoms with van der Waals surface area (Å²) < 4.78 is 0. The summed E-state index contributed by atoms with van der Waals surface area (Å²) in [6.45, 7) is 4.74. The summed E-state index contributed by atoms with van der Waals surface area (Å²) in [5.74, 6) is 0.440. The zero-order valence-electron chi connectivity index (χ0n) is 9.01. The Balaban J connectivity index is 2.95. The van der Waals surface area contributed by atoms with Crippen LogP contribution >= 0.6 is 0 Å². The summed E-state index contributed by atoms with van der Waals surface area (Å²) in [7, 11) is 0. The zero-order chi connectivity index (χ0) is 10.6. The van der Waals surface area contributed by atoms with Crippen molar-refractivity contribution in [3.63, 3.8) is 0 Å². The van der Waals surface area contributed by atoms with Gasteiger partial charge in [0.2, 0.25) is 0 Å². The molecule has 0 spiro atoms. The number of rotatable bonds is 4. The Hall–Kier alpha value is -1.02. The van der Waals surface area contributed by atoms with Gasteiger partial charge in [0.05, 0.1) is 0 Å². The molecule has 0 aliphatic carbocycles. The number of benzene rings is 1. The van der Waals surface area contributed by atoms with Crippen LogP contribution < -0.4 is 5.73 Å². The van der Waals surface area contributed by atoms with E-state index in [4.69, 9.17) is 5.73 Å². The molecule has 2 nitrogen and oxygen atoms in total. The third-order valence-corrected chi connectivity index (χ3v) is 2.50. The van der Waals surface area contributed by atoms with Crippen LogP contribution in [0.3, 0.4) is 0 Å². The number of phenols is 1. The maximum atomic E-state index is 9.80. The normalized spacial score (nSPS) is 10.5. The van der Waals surface area contributed by atoms with Gasteiger partial charge >= 0.3 is 0 Å². The maximum absolute atomic E-state index is 9.80. The van der Waals surface area contributed by atoms with Crippen molar-refractivity contribution in [2.24, 2.45) is 5.73 Å². The van der Waals surface area contributed by atoms with Crippen molar-refractivity contribution < 1.29 is 5.11 Å². The molecular formula is C12H19NO. The van der Waals surface area contributed by atoms with Gasteiger partial charge in [-0.05, 0) is 49.4 Å². The van der Waals surface area contributed by atoms with Crippen LogP contribution in [0.2, 0.25) is 0 Å². The van der Waals surface area contributed by atoms with Crippen molar-refractivity contribution in [2.75, 3.05) is 6.54 Å². The molecule has 0 aromatic heterocycles. The molecule has 0 amide bonds. The first-order valence-electron chi connectivity index (χ1n) is 5.20. The molecule has 14 heavy (non-hydrogen) atoms. The van der Waals surface area contributed by atoms with E-state index in [-0.39, 0.29) is 0 Å². The molecule has 3 N–H and O–H groups in total. The van der Waals surface area contributed by atoms with Gasteiger partial charge in [0.1, 0.15) is 5.75 Å². The Bertz CT molecular complexity index is 307. The van der Waals surface area contributed by atoms with E-state index in [2.05, 4.69) is 13.0 Å². The highest BCUT2D eigenvalue weighted by atomic mass is 16.3. The highest BCUT2D eigenvalue weighted by Crippen LogP contribution is 2.25. The lowest BCUT2D eigenvalue weighted by Gasteiger charge is -2.09. The molecule has 0 bridgehead atoms. The molecule has 78 valence electrons. The minimum atomic E-state index is 0.440. The molecule has 0 unspecified atom stereocenters. The van der Waals surface area contributed by atoms with E-state index in [0.29, 0.717) is 12.3 Å². The van der Waals surface area contributed by atoms with Crippen molar-refractivity contribution in [2.45, 2.75) is 33.1 Å². The summed E-state index contributed by atoms with van der Waals surface area (Å²) in [6, 6.07) is 4.12. The lowest BCUT2D eigenvalue weighted by molar-refractivity contribution is 0.462. The highest BCUT2D eigenvalue weighted by molar-refractivity contribution is 5.43. The molecule has 0 saturated carbocycles. The van der Waals surface area contributed by atoms with Crippen molar-refractivity contribution in [1.29, 1.82) is 0 Å². The van der Waals surface area contributed by atoms with Crippen LogP contribution in [0, 0.1) is 6.92 Å². The van der Waals surface area contributed by atoms with E-state index in [9.17, 15) is 5.11 Å². The van der Waals surface area contributed by atoms with Gasteiger partial charge in [0, 0.05) is 0 Å². The zero-order valence-corrected chi connectivity index (χ0v) is 9.01. The number of aryl methyl sites for hydroxylation is 3. The number of hydrogen-bond donors (Lipinski definition) is 2. The predicted molar refractivity (Wildman–Crippen MR) is 59.6 cm³/mol. The third kappa shape index (κ3) is 2.48. The average Bonchev–Trinajstić information content (AvgIpc) is 2.20. The Morgan fingerprint density at radius 3 is 2.64 bits per heavy atom. The van der Waals surface area contributed by atoms with E-state index < -0.39 is 0 Å². The van der Waals surface area contributed by atoms with Crippen LogP contribution in [-0.2, 0) is 12.8 Å². The smallest absolute Gasteiger partial charge is 0.121 e. The van der Waals surface area contributed by atoms with E-state index in [0.717, 1.165) is 30.4 Å². The fourth-order valence-corrected chi connectivity index (χ4v) is 1.62. The summed E-state index contributed by atoms with van der Waals surface area (Å²) in [6.07, 6.45) is 2.81. The van der Waals surface area contributed by atoms with Crippen LogP contribution in [0.25, 0.3) is 0 Å². The van der Waals surface area contributed by atoms with Gasteiger partial charge in [-0.2, -0.15) is 0 Å². The molecule has 1 aromatic rings. The van der Waals surface area contributed by atoms with E-state index in [1.807, 2.05) is 13.0 Å². The molecule has 0 aliphatic rings. The number of hydrogen-bond acceptors (Lipinski definition) is 2. The molecule has 1 aromatic carbocycles. The Morgan fingerprint density at radius 2 is 2.07 bits per heavy atom. The van der Waals surface area contributed by atoms with Crippen molar-refractivity contribution >= 4 is 0 Å². The van der Waals surface area contributed by atoms with E-state index >= 15 is 0 Å². The van der Waals surface area contributed by atoms with Crippen LogP contribution in [0.5, 0.6) is 5.75 Å². The first kappa shape index (κ1) is 11.1. The van der Waals surface area contributed by atoms with Gasteiger partial charge in [-0.1, -0.05) is 19.1 Å². The molecule has 0 heterocycles. The SMILES string of the molecule is CCc1cc(C)c(O)c(CCCN)c1. The average molecular weight is 193 g/mol. The van der Waals surface area contributed by atoms with Gasteiger partial charge in [-0.25, -0.2) is 0 Å². The first-order valence-corrected chi connectivity index (χ1v) is 5.20. The second-order valence-electron chi connectivity index (χ2n) is 3.67. The molecule has 1 rings (SSSR count). The third-order valence-electron chi connectivity index (χ3n) is 2.50. The fraction of sp³-hybridized carbons (Fsp3) is 0.500. The Kier molecular flexibility index (Phi) is 3.96. The van der Waals surface area contributed by atoms with Crippen molar-refractivity contribution in [3.8, 4) is 5.75 Å². The second kappa shape index (κ2) is 5.01. The molecule has 0 radical (unpaired) electrons. The van der Waals surface area contributed by atoms with Crippen LogP contribution in [0.1, 0.15) is 30.0 Å². The van der Waals surface area contributed by atoms with Gasteiger partial charge in [-0.15, -0.1) is 0 Å². The van der Waals surface area contributed by atoms with Gasteiger partial charge in [-0.3, -0.25) is 0 Å². The Labute approximate surface area is 85.8 Å². The minimum absolute atomic E-state index is 0.440. The fourth-order valence-electron chi connectivity index (χ4n) is 1.62. The van der Waals surface area contributed by atoms with Gasteiger partial charge in [0.25, 0.3) is 0 Å². The minimum Gasteiger partial charge on any atom is -0.507 e. The summed E-state index contributed by atoms with van der Waals surface area (Å²) in [5.41, 5.74) is 8.74. The van der Waals surface area contributed by atoms with E-state index in [1.54, 1.807) is 0 Å². The quantitative estimate of drug-likeness (QED) is 0.769. The lowest BCUT2D eigenvalue weighted by atomic mass is 10.00. The lowest BCUT2D eigenvalue weighted by Crippen LogP contribution is -2.01. The molecule has 0 saturated heterocycles. The van der Waals surface area contributed by atoms with E-state index in [1.165, 1.54) is 5.56 Å². The highest BCUT2D eigenvalue weighted by Gasteiger charge is 2.05. The van der Waals surface area contributed by atoms with Crippen LogP contribution in [-0.4, -0.2) is 11.7 Å².